The number of aromatic nitrogens is 3. The smallest absolute Gasteiger partial charge is 0.319 e. The second-order valence-corrected chi connectivity index (χ2v) is 8.08. The molecule has 7 nitrogen and oxygen atoms in total. The SMILES string of the molecule is CCCNC(=O)Nc1cc(C(C)(C)C)cc(-n2nc3ccc(Cl)cc3n2)c1O. The van der Waals surface area contributed by atoms with Crippen LogP contribution in [0.3, 0.4) is 0 Å². The van der Waals surface area contributed by atoms with Crippen molar-refractivity contribution in [3.8, 4) is 11.4 Å². The summed E-state index contributed by atoms with van der Waals surface area (Å²) in [6.45, 7) is 8.67. The Bertz CT molecular complexity index is 1020. The van der Waals surface area contributed by atoms with Crippen molar-refractivity contribution < 1.29 is 9.90 Å². The Morgan fingerprint density at radius 2 is 1.89 bits per heavy atom. The molecule has 3 aromatic rings. The molecule has 28 heavy (non-hydrogen) atoms. The molecule has 1 heterocycles. The number of rotatable bonds is 4. The molecule has 0 radical (unpaired) electrons. The number of carbonyl (C=O) groups excluding carboxylic acids is 1. The number of urea groups is 1. The van der Waals surface area contributed by atoms with Crippen LogP contribution in [0.25, 0.3) is 16.7 Å². The van der Waals surface area contributed by atoms with E-state index < -0.39 is 0 Å². The molecule has 0 spiro atoms. The number of phenols is 1. The number of phenolic OH excluding ortho intramolecular Hbond substituents is 1. The van der Waals surface area contributed by atoms with Crippen LogP contribution in [-0.4, -0.2) is 32.7 Å². The molecule has 0 saturated heterocycles. The van der Waals surface area contributed by atoms with Crippen LogP contribution in [0, 0.1) is 0 Å². The number of aromatic hydroxyl groups is 1. The van der Waals surface area contributed by atoms with Crippen molar-refractivity contribution >= 4 is 34.4 Å². The first-order valence-corrected chi connectivity index (χ1v) is 9.52. The summed E-state index contributed by atoms with van der Waals surface area (Å²) in [6.07, 6.45) is 0.818. The summed E-state index contributed by atoms with van der Waals surface area (Å²) >= 11 is 6.03. The zero-order valence-electron chi connectivity index (χ0n) is 16.4. The number of carbonyl (C=O) groups is 1. The van der Waals surface area contributed by atoms with Gasteiger partial charge in [0.1, 0.15) is 16.7 Å². The van der Waals surface area contributed by atoms with E-state index in [0.29, 0.717) is 34.0 Å². The highest BCUT2D eigenvalue weighted by Crippen LogP contribution is 2.36. The Labute approximate surface area is 168 Å². The van der Waals surface area contributed by atoms with Crippen molar-refractivity contribution in [3.63, 3.8) is 0 Å². The van der Waals surface area contributed by atoms with E-state index in [1.807, 2.05) is 13.0 Å². The molecule has 0 unspecified atom stereocenters. The predicted molar refractivity (Wildman–Crippen MR) is 112 cm³/mol. The van der Waals surface area contributed by atoms with Crippen molar-refractivity contribution in [2.75, 3.05) is 11.9 Å². The van der Waals surface area contributed by atoms with Gasteiger partial charge in [-0.25, -0.2) is 4.79 Å². The van der Waals surface area contributed by atoms with Crippen molar-refractivity contribution in [3.05, 3.63) is 40.9 Å². The lowest BCUT2D eigenvalue weighted by Gasteiger charge is -2.22. The van der Waals surface area contributed by atoms with E-state index in [-0.39, 0.29) is 17.2 Å². The van der Waals surface area contributed by atoms with E-state index in [1.54, 1.807) is 24.3 Å². The number of nitrogens with one attached hydrogen (secondary N) is 2. The molecule has 0 aliphatic rings. The third-order valence-electron chi connectivity index (χ3n) is 4.30. The molecule has 3 rings (SSSR count). The van der Waals surface area contributed by atoms with Crippen molar-refractivity contribution in [1.82, 2.24) is 20.3 Å². The van der Waals surface area contributed by atoms with E-state index in [0.717, 1.165) is 12.0 Å². The Morgan fingerprint density at radius 1 is 1.18 bits per heavy atom. The van der Waals surface area contributed by atoms with E-state index in [1.165, 1.54) is 4.80 Å². The van der Waals surface area contributed by atoms with E-state index in [4.69, 9.17) is 11.6 Å². The van der Waals surface area contributed by atoms with Crippen LogP contribution in [0.4, 0.5) is 10.5 Å². The van der Waals surface area contributed by atoms with E-state index in [2.05, 4.69) is 41.6 Å². The molecular formula is C20H24ClN5O2. The van der Waals surface area contributed by atoms with Gasteiger partial charge in [-0.05, 0) is 47.7 Å². The largest absolute Gasteiger partial charge is 0.504 e. The first-order chi connectivity index (χ1) is 13.2. The van der Waals surface area contributed by atoms with Crippen LogP contribution < -0.4 is 10.6 Å². The molecule has 0 atom stereocenters. The lowest BCUT2D eigenvalue weighted by atomic mass is 9.86. The predicted octanol–water partition coefficient (Wildman–Crippen LogP) is 4.61. The van der Waals surface area contributed by atoms with Crippen LogP contribution in [-0.2, 0) is 5.41 Å². The van der Waals surface area contributed by atoms with Crippen molar-refractivity contribution in [1.29, 1.82) is 0 Å². The molecule has 0 saturated carbocycles. The number of benzene rings is 2. The molecular weight excluding hydrogens is 378 g/mol. The van der Waals surface area contributed by atoms with Gasteiger partial charge in [0.05, 0.1) is 5.69 Å². The number of fused-ring (bicyclic) bond motifs is 1. The van der Waals surface area contributed by atoms with Gasteiger partial charge in [0.25, 0.3) is 0 Å². The minimum Gasteiger partial charge on any atom is -0.504 e. The molecule has 2 aromatic carbocycles. The second-order valence-electron chi connectivity index (χ2n) is 7.64. The van der Waals surface area contributed by atoms with Crippen LogP contribution in [0.1, 0.15) is 39.7 Å². The lowest BCUT2D eigenvalue weighted by Crippen LogP contribution is -2.29. The van der Waals surface area contributed by atoms with Crippen LogP contribution in [0.2, 0.25) is 5.02 Å². The molecule has 3 N–H and O–H groups in total. The number of halogens is 1. The van der Waals surface area contributed by atoms with Gasteiger partial charge in [-0.2, -0.15) is 0 Å². The zero-order valence-corrected chi connectivity index (χ0v) is 17.1. The second kappa shape index (κ2) is 7.67. The monoisotopic (exact) mass is 401 g/mol. The number of hydrogen-bond acceptors (Lipinski definition) is 4. The third kappa shape index (κ3) is 4.20. The number of anilines is 1. The number of nitrogens with zero attached hydrogens (tertiary/aromatic N) is 3. The topological polar surface area (TPSA) is 92.1 Å². The van der Waals surface area contributed by atoms with Gasteiger partial charge in [0.15, 0.2) is 5.75 Å². The summed E-state index contributed by atoms with van der Waals surface area (Å²) in [5.41, 5.74) is 2.66. The summed E-state index contributed by atoms with van der Waals surface area (Å²) in [4.78, 5) is 13.5. The summed E-state index contributed by atoms with van der Waals surface area (Å²) in [5.74, 6) is -0.106. The normalized spacial score (nSPS) is 11.6. The standard InChI is InChI=1S/C20H24ClN5O2/c1-5-8-22-19(28)23-16-9-12(20(2,3)4)10-17(18(16)27)26-24-14-7-6-13(21)11-15(14)25-26/h6-7,9-11,27H,5,8H2,1-4H3,(H2,22,23,28). The molecule has 0 fully saturated rings. The van der Waals surface area contributed by atoms with Gasteiger partial charge in [0, 0.05) is 11.6 Å². The van der Waals surface area contributed by atoms with Gasteiger partial charge in [0.2, 0.25) is 0 Å². The van der Waals surface area contributed by atoms with E-state index in [9.17, 15) is 9.90 Å². The highest BCUT2D eigenvalue weighted by molar-refractivity contribution is 6.31. The first-order valence-electron chi connectivity index (χ1n) is 9.14. The Kier molecular flexibility index (Phi) is 5.47. The zero-order chi connectivity index (χ0) is 20.5. The summed E-state index contributed by atoms with van der Waals surface area (Å²) < 4.78 is 0. The highest BCUT2D eigenvalue weighted by Gasteiger charge is 2.22. The summed E-state index contributed by atoms with van der Waals surface area (Å²) in [6, 6.07) is 8.43. The minimum atomic E-state index is -0.375. The van der Waals surface area contributed by atoms with Crippen molar-refractivity contribution in [2.45, 2.75) is 39.5 Å². The number of amides is 2. The summed E-state index contributed by atoms with van der Waals surface area (Å²) in [7, 11) is 0. The van der Waals surface area contributed by atoms with Crippen LogP contribution >= 0.6 is 11.6 Å². The van der Waals surface area contributed by atoms with Gasteiger partial charge >= 0.3 is 6.03 Å². The molecule has 148 valence electrons. The average Bonchev–Trinajstić information content (AvgIpc) is 3.03. The summed E-state index contributed by atoms with van der Waals surface area (Å²) in [5, 5.41) is 25.7. The van der Waals surface area contributed by atoms with Gasteiger partial charge < -0.3 is 15.7 Å². The third-order valence-corrected chi connectivity index (χ3v) is 4.53. The van der Waals surface area contributed by atoms with Gasteiger partial charge in [-0.3, -0.25) is 0 Å². The van der Waals surface area contributed by atoms with Crippen LogP contribution in [0.15, 0.2) is 30.3 Å². The van der Waals surface area contributed by atoms with Gasteiger partial charge in [-0.15, -0.1) is 15.0 Å². The molecule has 0 aliphatic carbocycles. The quantitative estimate of drug-likeness (QED) is 0.556. The maximum absolute atomic E-state index is 12.1. The first kappa shape index (κ1) is 19.9. The van der Waals surface area contributed by atoms with Gasteiger partial charge in [-0.1, -0.05) is 39.3 Å². The van der Waals surface area contributed by atoms with Crippen molar-refractivity contribution in [2.24, 2.45) is 0 Å². The minimum absolute atomic E-state index is 0.106. The van der Waals surface area contributed by atoms with E-state index >= 15 is 0 Å². The highest BCUT2D eigenvalue weighted by atomic mass is 35.5. The average molecular weight is 402 g/mol. The Balaban J connectivity index is 2.10. The number of hydrogen-bond donors (Lipinski definition) is 3. The molecule has 1 aromatic heterocycles. The molecule has 2 amide bonds. The Morgan fingerprint density at radius 3 is 2.57 bits per heavy atom. The fourth-order valence-corrected chi connectivity index (χ4v) is 2.87. The maximum Gasteiger partial charge on any atom is 0.319 e. The maximum atomic E-state index is 12.1. The fourth-order valence-electron chi connectivity index (χ4n) is 2.70. The molecule has 8 heteroatoms. The molecule has 0 aliphatic heterocycles. The van der Waals surface area contributed by atoms with Crippen LogP contribution in [0.5, 0.6) is 5.75 Å². The Hall–Kier alpha value is -2.80. The fraction of sp³-hybridized carbons (Fsp3) is 0.350. The molecule has 0 bridgehead atoms. The lowest BCUT2D eigenvalue weighted by molar-refractivity contribution is 0.252.